The molecule has 0 aliphatic heterocycles. The van der Waals surface area contributed by atoms with Gasteiger partial charge in [-0.3, -0.25) is 9.48 Å². The minimum Gasteiger partial charge on any atom is -0.345 e. The van der Waals surface area contributed by atoms with Gasteiger partial charge in [0.25, 0.3) is 5.91 Å². The van der Waals surface area contributed by atoms with Crippen molar-refractivity contribution in [3.8, 4) is 5.69 Å². The SMILES string of the molecule is Cn1ncc2c1CCCC2NC(=O)c1cccc(-n2cnnn2)c1. The predicted molar refractivity (Wildman–Crippen MR) is 85.5 cm³/mol. The molecule has 122 valence electrons. The maximum atomic E-state index is 12.7. The Bertz CT molecular complexity index is 868. The molecule has 2 aromatic heterocycles. The molecule has 8 heteroatoms. The van der Waals surface area contributed by atoms with Crippen LogP contribution >= 0.6 is 0 Å². The van der Waals surface area contributed by atoms with Gasteiger partial charge in [0.2, 0.25) is 0 Å². The first-order chi connectivity index (χ1) is 11.7. The van der Waals surface area contributed by atoms with Crippen LogP contribution in [-0.4, -0.2) is 35.9 Å². The Labute approximate surface area is 138 Å². The van der Waals surface area contributed by atoms with E-state index in [2.05, 4.69) is 25.9 Å². The van der Waals surface area contributed by atoms with E-state index >= 15 is 0 Å². The summed E-state index contributed by atoms with van der Waals surface area (Å²) in [5.74, 6) is -0.105. The van der Waals surface area contributed by atoms with Crippen molar-refractivity contribution in [1.29, 1.82) is 0 Å². The van der Waals surface area contributed by atoms with Gasteiger partial charge in [-0.2, -0.15) is 5.10 Å². The molecule has 3 aromatic rings. The first kappa shape index (κ1) is 14.6. The summed E-state index contributed by atoms with van der Waals surface area (Å²) < 4.78 is 3.42. The van der Waals surface area contributed by atoms with Crippen molar-refractivity contribution in [2.45, 2.75) is 25.3 Å². The summed E-state index contributed by atoms with van der Waals surface area (Å²) >= 11 is 0. The standard InChI is InChI=1S/C16H17N7O/c1-22-15-7-3-6-14(13(15)9-18-22)19-16(24)11-4-2-5-12(8-11)23-10-17-20-21-23/h2,4-5,8-10,14H,3,6-7H2,1H3,(H,19,24). The fraction of sp³-hybridized carbons (Fsp3) is 0.312. The van der Waals surface area contributed by atoms with Gasteiger partial charge in [0.05, 0.1) is 17.9 Å². The second-order valence-corrected chi connectivity index (χ2v) is 5.89. The van der Waals surface area contributed by atoms with Gasteiger partial charge in [-0.15, -0.1) is 5.10 Å². The van der Waals surface area contributed by atoms with E-state index in [1.807, 2.05) is 30.1 Å². The number of aryl methyl sites for hydroxylation is 1. The highest BCUT2D eigenvalue weighted by molar-refractivity contribution is 5.95. The first-order valence-corrected chi connectivity index (χ1v) is 7.87. The molecule has 0 radical (unpaired) electrons. The number of carbonyl (C=O) groups is 1. The van der Waals surface area contributed by atoms with Gasteiger partial charge >= 0.3 is 0 Å². The minimum atomic E-state index is -0.105. The van der Waals surface area contributed by atoms with Gasteiger partial charge in [-0.05, 0) is 47.9 Å². The zero-order valence-corrected chi connectivity index (χ0v) is 13.3. The number of benzene rings is 1. The Kier molecular flexibility index (Phi) is 3.56. The van der Waals surface area contributed by atoms with Crippen LogP contribution in [0.5, 0.6) is 0 Å². The molecule has 1 N–H and O–H groups in total. The molecule has 1 aliphatic carbocycles. The van der Waals surface area contributed by atoms with Gasteiger partial charge in [0.1, 0.15) is 6.33 Å². The van der Waals surface area contributed by atoms with E-state index in [-0.39, 0.29) is 11.9 Å². The van der Waals surface area contributed by atoms with E-state index in [1.165, 1.54) is 16.7 Å². The van der Waals surface area contributed by atoms with Crippen LogP contribution in [0.4, 0.5) is 0 Å². The lowest BCUT2D eigenvalue weighted by atomic mass is 9.92. The number of amides is 1. The van der Waals surface area contributed by atoms with Crippen molar-refractivity contribution in [1.82, 2.24) is 35.3 Å². The summed E-state index contributed by atoms with van der Waals surface area (Å²) in [6.07, 6.45) is 6.34. The fourth-order valence-corrected chi connectivity index (χ4v) is 3.17. The third-order valence-corrected chi connectivity index (χ3v) is 4.40. The molecule has 4 rings (SSSR count). The molecule has 8 nitrogen and oxygen atoms in total. The molecular formula is C16H17N7O. The minimum absolute atomic E-state index is 0.00615. The van der Waals surface area contributed by atoms with Crippen LogP contribution in [0.3, 0.4) is 0 Å². The topological polar surface area (TPSA) is 90.5 Å². The average Bonchev–Trinajstić information content (AvgIpc) is 3.26. The lowest BCUT2D eigenvalue weighted by Gasteiger charge is -2.23. The smallest absolute Gasteiger partial charge is 0.251 e. The largest absolute Gasteiger partial charge is 0.345 e. The Balaban J connectivity index is 1.56. The first-order valence-electron chi connectivity index (χ1n) is 7.87. The Morgan fingerprint density at radius 2 is 2.29 bits per heavy atom. The van der Waals surface area contributed by atoms with Gasteiger partial charge in [-0.25, -0.2) is 4.68 Å². The molecular weight excluding hydrogens is 306 g/mol. The normalized spacial score (nSPS) is 16.6. The van der Waals surface area contributed by atoms with Crippen molar-refractivity contribution in [2.75, 3.05) is 0 Å². The monoisotopic (exact) mass is 323 g/mol. The maximum Gasteiger partial charge on any atom is 0.251 e. The number of hydrogen-bond donors (Lipinski definition) is 1. The molecule has 0 bridgehead atoms. The summed E-state index contributed by atoms with van der Waals surface area (Å²) in [5.41, 5.74) is 3.65. The molecule has 1 unspecified atom stereocenters. The lowest BCUT2D eigenvalue weighted by molar-refractivity contribution is 0.0932. The Hall–Kier alpha value is -3.03. The molecule has 1 atom stereocenters. The molecule has 1 aromatic carbocycles. The van der Waals surface area contributed by atoms with Gasteiger partial charge in [0.15, 0.2) is 0 Å². The second kappa shape index (κ2) is 5.88. The Morgan fingerprint density at radius 1 is 1.38 bits per heavy atom. The van der Waals surface area contributed by atoms with E-state index in [0.717, 1.165) is 30.5 Å². The van der Waals surface area contributed by atoms with Crippen molar-refractivity contribution >= 4 is 5.91 Å². The van der Waals surface area contributed by atoms with Gasteiger partial charge < -0.3 is 5.32 Å². The third-order valence-electron chi connectivity index (χ3n) is 4.40. The van der Waals surface area contributed by atoms with Crippen LogP contribution in [-0.2, 0) is 13.5 Å². The number of carbonyl (C=O) groups excluding carboxylic acids is 1. The highest BCUT2D eigenvalue weighted by Crippen LogP contribution is 2.29. The summed E-state index contributed by atoms with van der Waals surface area (Å²) in [6, 6.07) is 7.25. The van der Waals surface area contributed by atoms with Gasteiger partial charge in [0, 0.05) is 23.9 Å². The number of nitrogens with one attached hydrogen (secondary N) is 1. The molecule has 2 heterocycles. The molecule has 0 saturated carbocycles. The molecule has 24 heavy (non-hydrogen) atoms. The third kappa shape index (κ3) is 2.55. The summed E-state index contributed by atoms with van der Waals surface area (Å²) in [4.78, 5) is 12.7. The van der Waals surface area contributed by atoms with E-state index in [4.69, 9.17) is 0 Å². The van der Waals surface area contributed by atoms with E-state index in [1.54, 1.807) is 12.1 Å². The van der Waals surface area contributed by atoms with Crippen molar-refractivity contribution < 1.29 is 4.79 Å². The average molecular weight is 323 g/mol. The predicted octanol–water partition coefficient (Wildman–Crippen LogP) is 1.20. The summed E-state index contributed by atoms with van der Waals surface area (Å²) in [7, 11) is 1.94. The number of fused-ring (bicyclic) bond motifs is 1. The number of rotatable bonds is 3. The number of nitrogens with zero attached hydrogens (tertiary/aromatic N) is 6. The fourth-order valence-electron chi connectivity index (χ4n) is 3.17. The van der Waals surface area contributed by atoms with Crippen LogP contribution in [0.2, 0.25) is 0 Å². The van der Waals surface area contributed by atoms with Crippen molar-refractivity contribution in [2.24, 2.45) is 7.05 Å². The lowest BCUT2D eigenvalue weighted by Crippen LogP contribution is -2.31. The van der Waals surface area contributed by atoms with Gasteiger partial charge in [-0.1, -0.05) is 6.07 Å². The summed E-state index contributed by atoms with van der Waals surface area (Å²) in [6.45, 7) is 0. The van der Waals surface area contributed by atoms with Crippen LogP contribution in [0.1, 0.15) is 40.5 Å². The van der Waals surface area contributed by atoms with Crippen molar-refractivity contribution in [3.63, 3.8) is 0 Å². The zero-order valence-electron chi connectivity index (χ0n) is 13.3. The van der Waals surface area contributed by atoms with Crippen LogP contribution in [0.25, 0.3) is 5.69 Å². The van der Waals surface area contributed by atoms with Crippen molar-refractivity contribution in [3.05, 3.63) is 53.6 Å². The zero-order chi connectivity index (χ0) is 16.5. The van der Waals surface area contributed by atoms with E-state index in [9.17, 15) is 4.79 Å². The highest BCUT2D eigenvalue weighted by Gasteiger charge is 2.25. The molecule has 0 saturated heterocycles. The molecule has 1 aliphatic rings. The Morgan fingerprint density at radius 3 is 3.12 bits per heavy atom. The quantitative estimate of drug-likeness (QED) is 0.782. The molecule has 0 spiro atoms. The number of hydrogen-bond acceptors (Lipinski definition) is 5. The number of tetrazole rings is 1. The molecule has 1 amide bonds. The van der Waals surface area contributed by atoms with Crippen LogP contribution < -0.4 is 5.32 Å². The highest BCUT2D eigenvalue weighted by atomic mass is 16.1. The van der Waals surface area contributed by atoms with E-state index in [0.29, 0.717) is 5.56 Å². The number of aromatic nitrogens is 6. The summed E-state index contributed by atoms with van der Waals surface area (Å²) in [5, 5.41) is 18.5. The van der Waals surface area contributed by atoms with E-state index < -0.39 is 0 Å². The molecule has 0 fully saturated rings. The second-order valence-electron chi connectivity index (χ2n) is 5.89. The maximum absolute atomic E-state index is 12.7. The van der Waals surface area contributed by atoms with Crippen LogP contribution in [0, 0.1) is 0 Å². The van der Waals surface area contributed by atoms with Crippen LogP contribution in [0.15, 0.2) is 36.8 Å².